The average molecular weight is 294 g/mol. The molecule has 0 saturated carbocycles. The Balaban J connectivity index is 2.02. The van der Waals surface area contributed by atoms with E-state index >= 15 is 0 Å². The Morgan fingerprint density at radius 2 is 2.24 bits per heavy atom. The van der Waals surface area contributed by atoms with Gasteiger partial charge >= 0.3 is 0 Å². The molecule has 0 aliphatic rings. The van der Waals surface area contributed by atoms with E-state index in [1.54, 1.807) is 19.3 Å². The molecule has 88 valence electrons. The first-order valence-electron chi connectivity index (χ1n) is 5.16. The minimum atomic E-state index is 0.486. The number of halogens is 1. The van der Waals surface area contributed by atoms with Gasteiger partial charge in [-0.25, -0.2) is 4.98 Å². The van der Waals surface area contributed by atoms with Crippen LogP contribution in [0.25, 0.3) is 0 Å². The summed E-state index contributed by atoms with van der Waals surface area (Å²) >= 11 is 3.42. The standard InChI is InChI=1S/C12H12BrN3O/c1-14-12-15-6-5-11(16-12)17-8-9-3-2-4-10(13)7-9/h2-7H,8H2,1H3,(H,14,15,16). The van der Waals surface area contributed by atoms with Crippen molar-refractivity contribution in [3.05, 3.63) is 46.6 Å². The van der Waals surface area contributed by atoms with Gasteiger partial charge in [0, 0.05) is 23.8 Å². The maximum Gasteiger partial charge on any atom is 0.225 e. The highest BCUT2D eigenvalue weighted by atomic mass is 79.9. The summed E-state index contributed by atoms with van der Waals surface area (Å²) in [6, 6.07) is 9.71. The Labute approximate surface area is 108 Å². The molecule has 0 aliphatic heterocycles. The lowest BCUT2D eigenvalue weighted by molar-refractivity contribution is 0.293. The molecule has 0 unspecified atom stereocenters. The molecule has 0 saturated heterocycles. The second-order valence-electron chi connectivity index (χ2n) is 3.39. The molecule has 1 N–H and O–H groups in total. The van der Waals surface area contributed by atoms with Gasteiger partial charge in [-0.15, -0.1) is 0 Å². The number of aromatic nitrogens is 2. The van der Waals surface area contributed by atoms with E-state index in [0.29, 0.717) is 18.4 Å². The first-order valence-corrected chi connectivity index (χ1v) is 5.95. The third-order valence-electron chi connectivity index (χ3n) is 2.13. The third-order valence-corrected chi connectivity index (χ3v) is 2.62. The van der Waals surface area contributed by atoms with Crippen LogP contribution in [-0.4, -0.2) is 17.0 Å². The first-order chi connectivity index (χ1) is 8.28. The molecule has 0 atom stereocenters. The smallest absolute Gasteiger partial charge is 0.225 e. The zero-order valence-corrected chi connectivity index (χ0v) is 10.9. The lowest BCUT2D eigenvalue weighted by Gasteiger charge is -2.06. The Morgan fingerprint density at radius 3 is 3.00 bits per heavy atom. The summed E-state index contributed by atoms with van der Waals surface area (Å²) in [6.45, 7) is 0.486. The first kappa shape index (κ1) is 11.9. The van der Waals surface area contributed by atoms with E-state index in [4.69, 9.17) is 4.74 Å². The molecule has 5 heteroatoms. The fourth-order valence-electron chi connectivity index (χ4n) is 1.33. The summed E-state index contributed by atoms with van der Waals surface area (Å²) < 4.78 is 6.62. The van der Waals surface area contributed by atoms with E-state index in [2.05, 4.69) is 31.2 Å². The number of hydrogen-bond acceptors (Lipinski definition) is 4. The van der Waals surface area contributed by atoms with Crippen molar-refractivity contribution in [1.82, 2.24) is 9.97 Å². The monoisotopic (exact) mass is 293 g/mol. The van der Waals surface area contributed by atoms with Crippen LogP contribution >= 0.6 is 15.9 Å². The van der Waals surface area contributed by atoms with Crippen molar-refractivity contribution in [2.45, 2.75) is 6.61 Å². The van der Waals surface area contributed by atoms with Gasteiger partial charge in [0.05, 0.1) is 0 Å². The van der Waals surface area contributed by atoms with Crippen LogP contribution in [0.2, 0.25) is 0 Å². The topological polar surface area (TPSA) is 47.0 Å². The maximum absolute atomic E-state index is 5.58. The largest absolute Gasteiger partial charge is 0.473 e. The average Bonchev–Trinajstić information content (AvgIpc) is 2.37. The molecule has 0 aliphatic carbocycles. The lowest BCUT2D eigenvalue weighted by atomic mass is 10.2. The number of anilines is 1. The zero-order chi connectivity index (χ0) is 12.1. The molecule has 0 radical (unpaired) electrons. The van der Waals surface area contributed by atoms with Crippen molar-refractivity contribution in [3.8, 4) is 5.88 Å². The molecule has 1 aromatic carbocycles. The molecular formula is C12H12BrN3O. The Bertz CT molecular complexity index is 505. The van der Waals surface area contributed by atoms with Crippen molar-refractivity contribution in [1.29, 1.82) is 0 Å². The van der Waals surface area contributed by atoms with Crippen LogP contribution < -0.4 is 10.1 Å². The molecule has 17 heavy (non-hydrogen) atoms. The minimum Gasteiger partial charge on any atom is -0.473 e. The molecule has 1 aromatic heterocycles. The number of nitrogens with one attached hydrogen (secondary N) is 1. The fourth-order valence-corrected chi connectivity index (χ4v) is 1.77. The number of hydrogen-bond donors (Lipinski definition) is 1. The number of ether oxygens (including phenoxy) is 1. The highest BCUT2D eigenvalue weighted by Crippen LogP contribution is 2.14. The predicted molar refractivity (Wildman–Crippen MR) is 70.1 cm³/mol. The van der Waals surface area contributed by atoms with Crippen LogP contribution in [0.15, 0.2) is 41.0 Å². The SMILES string of the molecule is CNc1nccc(OCc2cccc(Br)c2)n1. The molecular weight excluding hydrogens is 282 g/mol. The molecule has 0 fully saturated rings. The van der Waals surface area contributed by atoms with Crippen LogP contribution in [0, 0.1) is 0 Å². The van der Waals surface area contributed by atoms with Gasteiger partial charge in [-0.3, -0.25) is 0 Å². The van der Waals surface area contributed by atoms with Gasteiger partial charge in [0.25, 0.3) is 0 Å². The Morgan fingerprint density at radius 1 is 1.35 bits per heavy atom. The van der Waals surface area contributed by atoms with Gasteiger partial charge in [0.2, 0.25) is 11.8 Å². The van der Waals surface area contributed by atoms with E-state index < -0.39 is 0 Å². The van der Waals surface area contributed by atoms with E-state index in [1.807, 2.05) is 24.3 Å². The maximum atomic E-state index is 5.58. The normalized spacial score (nSPS) is 10.0. The van der Waals surface area contributed by atoms with Crippen molar-refractivity contribution in [2.24, 2.45) is 0 Å². The van der Waals surface area contributed by atoms with E-state index in [0.717, 1.165) is 10.0 Å². The van der Waals surface area contributed by atoms with Crippen LogP contribution in [0.5, 0.6) is 5.88 Å². The predicted octanol–water partition coefficient (Wildman–Crippen LogP) is 2.86. The highest BCUT2D eigenvalue weighted by molar-refractivity contribution is 9.10. The Hall–Kier alpha value is -1.62. The van der Waals surface area contributed by atoms with Gasteiger partial charge in [-0.2, -0.15) is 4.98 Å². The van der Waals surface area contributed by atoms with Crippen LogP contribution in [0.4, 0.5) is 5.95 Å². The summed E-state index contributed by atoms with van der Waals surface area (Å²) in [6.07, 6.45) is 1.66. The van der Waals surface area contributed by atoms with Gasteiger partial charge in [0.15, 0.2) is 0 Å². The second kappa shape index (κ2) is 5.63. The van der Waals surface area contributed by atoms with Crippen molar-refractivity contribution in [2.75, 3.05) is 12.4 Å². The van der Waals surface area contributed by atoms with Gasteiger partial charge in [-0.05, 0) is 17.7 Å². The van der Waals surface area contributed by atoms with Crippen molar-refractivity contribution in [3.63, 3.8) is 0 Å². The number of rotatable bonds is 4. The van der Waals surface area contributed by atoms with Gasteiger partial charge in [0.1, 0.15) is 6.61 Å². The van der Waals surface area contributed by atoms with E-state index in [9.17, 15) is 0 Å². The summed E-state index contributed by atoms with van der Waals surface area (Å²) in [7, 11) is 1.77. The van der Waals surface area contributed by atoms with Crippen LogP contribution in [0.1, 0.15) is 5.56 Å². The van der Waals surface area contributed by atoms with E-state index in [-0.39, 0.29) is 0 Å². The quantitative estimate of drug-likeness (QED) is 0.942. The number of benzene rings is 1. The van der Waals surface area contributed by atoms with Crippen molar-refractivity contribution < 1.29 is 4.74 Å². The third kappa shape index (κ3) is 3.42. The van der Waals surface area contributed by atoms with E-state index in [1.165, 1.54) is 0 Å². The summed E-state index contributed by atoms with van der Waals surface area (Å²) in [4.78, 5) is 8.19. The Kier molecular flexibility index (Phi) is 3.93. The minimum absolute atomic E-state index is 0.486. The zero-order valence-electron chi connectivity index (χ0n) is 9.35. The van der Waals surface area contributed by atoms with Crippen LogP contribution in [0.3, 0.4) is 0 Å². The summed E-state index contributed by atoms with van der Waals surface area (Å²) in [5.41, 5.74) is 1.09. The molecule has 2 rings (SSSR count). The molecule has 2 aromatic rings. The summed E-state index contributed by atoms with van der Waals surface area (Å²) in [5, 5.41) is 2.86. The van der Waals surface area contributed by atoms with Gasteiger partial charge < -0.3 is 10.1 Å². The molecule has 0 bridgehead atoms. The lowest BCUT2D eigenvalue weighted by Crippen LogP contribution is -2.00. The molecule has 4 nitrogen and oxygen atoms in total. The highest BCUT2D eigenvalue weighted by Gasteiger charge is 1.99. The molecule has 0 amide bonds. The van der Waals surface area contributed by atoms with Crippen molar-refractivity contribution >= 4 is 21.9 Å². The molecule has 0 spiro atoms. The molecule has 1 heterocycles. The summed E-state index contributed by atoms with van der Waals surface area (Å²) in [5.74, 6) is 1.11. The number of nitrogens with zero attached hydrogens (tertiary/aromatic N) is 2. The van der Waals surface area contributed by atoms with Gasteiger partial charge in [-0.1, -0.05) is 28.1 Å². The second-order valence-corrected chi connectivity index (χ2v) is 4.30. The fraction of sp³-hybridized carbons (Fsp3) is 0.167. The van der Waals surface area contributed by atoms with Crippen LogP contribution in [-0.2, 0) is 6.61 Å².